The summed E-state index contributed by atoms with van der Waals surface area (Å²) in [6.07, 6.45) is 0. The Kier molecular flexibility index (Phi) is 4.73. The zero-order valence-electron chi connectivity index (χ0n) is 12.2. The van der Waals surface area contributed by atoms with Crippen LogP contribution in [0.3, 0.4) is 0 Å². The molecule has 0 amide bonds. The highest BCUT2D eigenvalue weighted by molar-refractivity contribution is 5.97. The Bertz CT molecular complexity index is 649. The number of hydrogen-bond acceptors (Lipinski definition) is 3. The van der Waals surface area contributed by atoms with Gasteiger partial charge in [0.05, 0.1) is 11.6 Å². The van der Waals surface area contributed by atoms with Gasteiger partial charge in [-0.3, -0.25) is 4.79 Å². The molecule has 3 nitrogen and oxygen atoms in total. The molecule has 0 heterocycles. The maximum Gasteiger partial charge on any atom is 0.200 e. The smallest absolute Gasteiger partial charge is 0.200 e. The Hall–Kier alpha value is -2.60. The highest BCUT2D eigenvalue weighted by Gasteiger charge is 2.08. The van der Waals surface area contributed by atoms with E-state index in [0.29, 0.717) is 22.8 Å². The van der Waals surface area contributed by atoms with Crippen molar-refractivity contribution in [1.82, 2.24) is 0 Å². The maximum atomic E-state index is 12.0. The van der Waals surface area contributed by atoms with Crippen molar-refractivity contribution in [2.75, 3.05) is 6.61 Å². The Labute approximate surface area is 124 Å². The molecule has 0 saturated heterocycles. The first kappa shape index (κ1) is 14.8. The van der Waals surface area contributed by atoms with Crippen molar-refractivity contribution in [1.29, 1.82) is 5.26 Å². The number of ketones is 1. The quantitative estimate of drug-likeness (QED) is 0.779. The van der Waals surface area contributed by atoms with E-state index in [1.165, 1.54) is 5.56 Å². The summed E-state index contributed by atoms with van der Waals surface area (Å²) in [4.78, 5) is 12.0. The number of benzene rings is 2. The van der Waals surface area contributed by atoms with Crippen molar-refractivity contribution in [3.8, 4) is 11.8 Å². The summed E-state index contributed by atoms with van der Waals surface area (Å²) in [6.45, 7) is 4.22. The summed E-state index contributed by atoms with van der Waals surface area (Å²) in [5.74, 6) is 0.972. The summed E-state index contributed by atoms with van der Waals surface area (Å²) in [7, 11) is 0. The lowest BCUT2D eigenvalue weighted by molar-refractivity contribution is 0.0921. The van der Waals surface area contributed by atoms with Crippen molar-refractivity contribution in [2.24, 2.45) is 0 Å². The fourth-order valence-electron chi connectivity index (χ4n) is 1.91. The molecule has 0 aliphatic carbocycles. The van der Waals surface area contributed by atoms with Crippen molar-refractivity contribution >= 4 is 5.78 Å². The predicted molar refractivity (Wildman–Crippen MR) is 81.5 cm³/mol. The highest BCUT2D eigenvalue weighted by Crippen LogP contribution is 2.16. The van der Waals surface area contributed by atoms with E-state index in [4.69, 9.17) is 10.00 Å². The van der Waals surface area contributed by atoms with Gasteiger partial charge < -0.3 is 4.74 Å². The maximum absolute atomic E-state index is 12.0. The van der Waals surface area contributed by atoms with Gasteiger partial charge in [0.25, 0.3) is 0 Å². The fraction of sp³-hybridized carbons (Fsp3) is 0.222. The second-order valence-electron chi connectivity index (χ2n) is 5.12. The monoisotopic (exact) mass is 279 g/mol. The molecule has 0 fully saturated rings. The molecule has 0 atom stereocenters. The molecule has 2 aromatic carbocycles. The van der Waals surface area contributed by atoms with E-state index in [2.05, 4.69) is 13.8 Å². The van der Waals surface area contributed by atoms with Crippen molar-refractivity contribution in [2.45, 2.75) is 19.8 Å². The topological polar surface area (TPSA) is 50.1 Å². The molecule has 0 aliphatic heterocycles. The van der Waals surface area contributed by atoms with Gasteiger partial charge in [0.15, 0.2) is 12.4 Å². The zero-order valence-corrected chi connectivity index (χ0v) is 12.2. The van der Waals surface area contributed by atoms with Crippen molar-refractivity contribution < 1.29 is 9.53 Å². The van der Waals surface area contributed by atoms with Gasteiger partial charge in [0, 0.05) is 5.56 Å². The van der Waals surface area contributed by atoms with Crippen LogP contribution in [0, 0.1) is 11.3 Å². The minimum atomic E-state index is -0.0605. The van der Waals surface area contributed by atoms with Gasteiger partial charge in [0.2, 0.25) is 0 Å². The molecule has 21 heavy (non-hydrogen) atoms. The largest absolute Gasteiger partial charge is 0.485 e. The third kappa shape index (κ3) is 3.93. The van der Waals surface area contributed by atoms with Gasteiger partial charge in [-0.2, -0.15) is 5.26 Å². The summed E-state index contributed by atoms with van der Waals surface area (Å²) >= 11 is 0. The Morgan fingerprint density at radius 1 is 1.10 bits per heavy atom. The van der Waals surface area contributed by atoms with E-state index < -0.39 is 0 Å². The molecule has 3 heteroatoms. The second kappa shape index (κ2) is 6.71. The third-order valence-corrected chi connectivity index (χ3v) is 3.25. The van der Waals surface area contributed by atoms with Crippen LogP contribution < -0.4 is 4.74 Å². The summed E-state index contributed by atoms with van der Waals surface area (Å²) in [6, 6.07) is 16.4. The van der Waals surface area contributed by atoms with Crippen LogP contribution in [0.2, 0.25) is 0 Å². The molecule has 0 aliphatic rings. The highest BCUT2D eigenvalue weighted by atomic mass is 16.5. The van der Waals surface area contributed by atoms with Crippen LogP contribution in [0.1, 0.15) is 41.3 Å². The average molecular weight is 279 g/mol. The molecule has 2 aromatic rings. The van der Waals surface area contributed by atoms with Gasteiger partial charge in [0.1, 0.15) is 5.75 Å². The molecule has 0 bridgehead atoms. The first-order valence-electron chi connectivity index (χ1n) is 6.86. The Balaban J connectivity index is 1.96. The molecule has 2 rings (SSSR count). The molecule has 0 unspecified atom stereocenters. The first-order valence-corrected chi connectivity index (χ1v) is 6.86. The number of carbonyl (C=O) groups is 1. The summed E-state index contributed by atoms with van der Waals surface area (Å²) in [5.41, 5.74) is 2.42. The lowest BCUT2D eigenvalue weighted by Crippen LogP contribution is -2.11. The third-order valence-electron chi connectivity index (χ3n) is 3.25. The molecule has 106 valence electrons. The molecule has 0 saturated carbocycles. The molecular weight excluding hydrogens is 262 g/mol. The van der Waals surface area contributed by atoms with E-state index in [0.717, 1.165) is 0 Å². The SMILES string of the molecule is CC(C)c1ccc(C(=O)COc2ccc(C#N)cc2)cc1. The van der Waals surface area contributed by atoms with E-state index in [1.54, 1.807) is 24.3 Å². The predicted octanol–water partition coefficient (Wildman–Crippen LogP) is 3.94. The normalized spacial score (nSPS) is 10.2. The van der Waals surface area contributed by atoms with E-state index in [9.17, 15) is 4.79 Å². The van der Waals surface area contributed by atoms with E-state index in [1.807, 2.05) is 30.3 Å². The van der Waals surface area contributed by atoms with Crippen LogP contribution in [0.15, 0.2) is 48.5 Å². The number of ether oxygens (including phenoxy) is 1. The minimum Gasteiger partial charge on any atom is -0.485 e. The van der Waals surface area contributed by atoms with Crippen LogP contribution in [-0.2, 0) is 0 Å². The Morgan fingerprint density at radius 3 is 2.24 bits per heavy atom. The minimum absolute atomic E-state index is 0.00702. The van der Waals surface area contributed by atoms with Crippen LogP contribution in [-0.4, -0.2) is 12.4 Å². The van der Waals surface area contributed by atoms with E-state index in [-0.39, 0.29) is 12.4 Å². The standard InChI is InChI=1S/C18H17NO2/c1-13(2)15-5-7-16(8-6-15)18(20)12-21-17-9-3-14(11-19)4-10-17/h3-10,13H,12H2,1-2H3. The van der Waals surface area contributed by atoms with Gasteiger partial charge >= 0.3 is 0 Å². The summed E-state index contributed by atoms with van der Waals surface area (Å²) < 4.78 is 5.44. The lowest BCUT2D eigenvalue weighted by atomic mass is 10.0. The number of rotatable bonds is 5. The number of carbonyl (C=O) groups excluding carboxylic acids is 1. The number of hydrogen-bond donors (Lipinski definition) is 0. The molecule has 0 aromatic heterocycles. The van der Waals surface area contributed by atoms with Gasteiger partial charge in [-0.25, -0.2) is 0 Å². The summed E-state index contributed by atoms with van der Waals surface area (Å²) in [5, 5.41) is 8.71. The van der Waals surface area contributed by atoms with Crippen molar-refractivity contribution in [3.63, 3.8) is 0 Å². The van der Waals surface area contributed by atoms with Gasteiger partial charge in [-0.15, -0.1) is 0 Å². The molecule has 0 N–H and O–H groups in total. The van der Waals surface area contributed by atoms with Crippen LogP contribution in [0.5, 0.6) is 5.75 Å². The second-order valence-corrected chi connectivity index (χ2v) is 5.12. The first-order chi connectivity index (χ1) is 10.1. The fourth-order valence-corrected chi connectivity index (χ4v) is 1.91. The van der Waals surface area contributed by atoms with Gasteiger partial charge in [-0.05, 0) is 35.7 Å². The Morgan fingerprint density at radius 2 is 1.71 bits per heavy atom. The van der Waals surface area contributed by atoms with Crippen LogP contribution in [0.4, 0.5) is 0 Å². The van der Waals surface area contributed by atoms with E-state index >= 15 is 0 Å². The molecular formula is C18H17NO2. The number of nitriles is 1. The van der Waals surface area contributed by atoms with Gasteiger partial charge in [-0.1, -0.05) is 38.1 Å². The van der Waals surface area contributed by atoms with Crippen LogP contribution in [0.25, 0.3) is 0 Å². The number of nitrogens with zero attached hydrogens (tertiary/aromatic N) is 1. The van der Waals surface area contributed by atoms with Crippen molar-refractivity contribution in [3.05, 3.63) is 65.2 Å². The molecule has 0 radical (unpaired) electrons. The average Bonchev–Trinajstić information content (AvgIpc) is 2.53. The molecule has 0 spiro atoms. The lowest BCUT2D eigenvalue weighted by Gasteiger charge is -2.08. The zero-order chi connectivity index (χ0) is 15.2. The number of Topliss-reactive ketones (excluding diaryl/α,β-unsaturated/α-hetero) is 1. The van der Waals surface area contributed by atoms with Crippen LogP contribution >= 0.6 is 0 Å².